The van der Waals surface area contributed by atoms with Crippen LogP contribution >= 0.6 is 0 Å². The Kier molecular flexibility index (Phi) is 10.9. The van der Waals surface area contributed by atoms with Gasteiger partial charge < -0.3 is 0 Å². The number of imidazole rings is 1. The molecule has 150 valence electrons. The lowest BCUT2D eigenvalue weighted by atomic mass is 9.99. The number of nitrogens with zero attached hydrogens (tertiary/aromatic N) is 2. The molecule has 0 fully saturated rings. The first-order chi connectivity index (χ1) is 13.3. The Labute approximate surface area is 167 Å². The average molecular weight is 370 g/mol. The molecule has 2 nitrogen and oxygen atoms in total. The topological polar surface area (TPSA) is 8.81 Å². The van der Waals surface area contributed by atoms with Gasteiger partial charge in [0.25, 0.3) is 0 Å². The van der Waals surface area contributed by atoms with E-state index in [0.717, 1.165) is 0 Å². The average Bonchev–Trinajstić information content (AvgIpc) is 3.12. The van der Waals surface area contributed by atoms with Crippen molar-refractivity contribution in [2.24, 2.45) is 7.05 Å². The predicted molar refractivity (Wildman–Crippen MR) is 116 cm³/mol. The van der Waals surface area contributed by atoms with Gasteiger partial charge in [-0.25, -0.2) is 9.13 Å². The quantitative estimate of drug-likeness (QED) is 0.236. The van der Waals surface area contributed by atoms with Crippen molar-refractivity contribution in [1.82, 2.24) is 4.57 Å². The Morgan fingerprint density at radius 1 is 0.778 bits per heavy atom. The second kappa shape index (κ2) is 13.6. The van der Waals surface area contributed by atoms with Crippen molar-refractivity contribution in [3.8, 4) is 0 Å². The summed E-state index contributed by atoms with van der Waals surface area (Å²) in [5, 5.41) is 0. The van der Waals surface area contributed by atoms with Crippen LogP contribution in [0.3, 0.4) is 0 Å². The van der Waals surface area contributed by atoms with Crippen molar-refractivity contribution in [3.63, 3.8) is 0 Å². The minimum atomic E-state index is 0.468. The van der Waals surface area contributed by atoms with Crippen LogP contribution in [0, 0.1) is 0 Å². The summed E-state index contributed by atoms with van der Waals surface area (Å²) in [7, 11) is 2.10. The molecule has 0 saturated carbocycles. The van der Waals surface area contributed by atoms with E-state index in [1.54, 1.807) is 0 Å². The van der Waals surface area contributed by atoms with Crippen molar-refractivity contribution in [3.05, 3.63) is 54.6 Å². The molecule has 0 saturated heterocycles. The van der Waals surface area contributed by atoms with E-state index in [0.29, 0.717) is 6.04 Å². The highest BCUT2D eigenvalue weighted by atomic mass is 15.1. The van der Waals surface area contributed by atoms with Crippen LogP contribution in [0.1, 0.15) is 102 Å². The zero-order valence-corrected chi connectivity index (χ0v) is 17.8. The van der Waals surface area contributed by atoms with E-state index < -0.39 is 0 Å². The summed E-state index contributed by atoms with van der Waals surface area (Å²) >= 11 is 0. The molecule has 0 aliphatic heterocycles. The number of unbranched alkanes of at least 4 members (excludes halogenated alkanes) is 11. The molecule has 0 aliphatic carbocycles. The molecule has 1 aromatic carbocycles. The van der Waals surface area contributed by atoms with Crippen molar-refractivity contribution in [1.29, 1.82) is 0 Å². The normalized spacial score (nSPS) is 12.4. The third-order valence-electron chi connectivity index (χ3n) is 5.66. The van der Waals surface area contributed by atoms with Crippen LogP contribution in [0.4, 0.5) is 0 Å². The summed E-state index contributed by atoms with van der Waals surface area (Å²) in [5.74, 6) is 0. The monoisotopic (exact) mass is 369 g/mol. The number of aryl methyl sites for hydroxylation is 1. The van der Waals surface area contributed by atoms with Crippen LogP contribution in [0.15, 0.2) is 49.1 Å². The molecule has 0 amide bonds. The molecule has 1 atom stereocenters. The van der Waals surface area contributed by atoms with E-state index in [-0.39, 0.29) is 0 Å². The largest absolute Gasteiger partial charge is 0.244 e. The van der Waals surface area contributed by atoms with Gasteiger partial charge in [-0.3, -0.25) is 0 Å². The summed E-state index contributed by atoms with van der Waals surface area (Å²) in [4.78, 5) is 0. The summed E-state index contributed by atoms with van der Waals surface area (Å²) in [5.41, 5.74) is 1.43. The second-order valence-corrected chi connectivity index (χ2v) is 8.13. The highest BCUT2D eigenvalue weighted by molar-refractivity contribution is 5.19. The van der Waals surface area contributed by atoms with Gasteiger partial charge in [0.2, 0.25) is 6.33 Å². The maximum atomic E-state index is 2.37. The summed E-state index contributed by atoms with van der Waals surface area (Å²) in [6.45, 7) is 2.29. The highest BCUT2D eigenvalue weighted by Crippen LogP contribution is 2.24. The molecule has 2 rings (SSSR count). The first-order valence-corrected chi connectivity index (χ1v) is 11.4. The number of rotatable bonds is 15. The number of hydrogen-bond donors (Lipinski definition) is 0. The van der Waals surface area contributed by atoms with Crippen LogP contribution in [-0.4, -0.2) is 4.57 Å². The van der Waals surface area contributed by atoms with Gasteiger partial charge in [0.15, 0.2) is 0 Å². The lowest BCUT2D eigenvalue weighted by Crippen LogP contribution is -2.24. The van der Waals surface area contributed by atoms with Gasteiger partial charge in [-0.15, -0.1) is 0 Å². The van der Waals surface area contributed by atoms with Gasteiger partial charge in [0.1, 0.15) is 18.4 Å². The van der Waals surface area contributed by atoms with Gasteiger partial charge >= 0.3 is 0 Å². The van der Waals surface area contributed by atoms with E-state index in [1.165, 1.54) is 89.0 Å². The fourth-order valence-electron chi connectivity index (χ4n) is 4.00. The number of benzene rings is 1. The van der Waals surface area contributed by atoms with Crippen LogP contribution in [0.5, 0.6) is 0 Å². The van der Waals surface area contributed by atoms with Crippen LogP contribution in [0.25, 0.3) is 0 Å². The number of hydrogen-bond acceptors (Lipinski definition) is 0. The van der Waals surface area contributed by atoms with Gasteiger partial charge in [-0.2, -0.15) is 0 Å². The second-order valence-electron chi connectivity index (χ2n) is 8.13. The minimum Gasteiger partial charge on any atom is -0.240 e. The van der Waals surface area contributed by atoms with E-state index in [9.17, 15) is 0 Å². The zero-order chi connectivity index (χ0) is 19.2. The Hall–Kier alpha value is -1.57. The van der Waals surface area contributed by atoms with Gasteiger partial charge in [-0.05, 0) is 18.4 Å². The fraction of sp³-hybridized carbons (Fsp3) is 0.640. The van der Waals surface area contributed by atoms with Gasteiger partial charge in [0.05, 0.1) is 7.05 Å². The maximum Gasteiger partial charge on any atom is 0.244 e. The molecular weight excluding hydrogens is 328 g/mol. The molecule has 0 N–H and O–H groups in total. The minimum absolute atomic E-state index is 0.468. The van der Waals surface area contributed by atoms with E-state index in [4.69, 9.17) is 0 Å². The molecule has 2 aromatic rings. The first kappa shape index (κ1) is 21.7. The maximum absolute atomic E-state index is 2.37. The highest BCUT2D eigenvalue weighted by Gasteiger charge is 2.18. The third kappa shape index (κ3) is 8.77. The smallest absolute Gasteiger partial charge is 0.240 e. The molecule has 0 aliphatic rings. The van der Waals surface area contributed by atoms with Gasteiger partial charge in [0, 0.05) is 0 Å². The Bertz CT molecular complexity index is 587. The van der Waals surface area contributed by atoms with Crippen molar-refractivity contribution in [2.75, 3.05) is 0 Å². The summed E-state index contributed by atoms with van der Waals surface area (Å²) < 4.78 is 4.51. The molecule has 0 spiro atoms. The van der Waals surface area contributed by atoms with Crippen molar-refractivity contribution < 1.29 is 4.57 Å². The third-order valence-corrected chi connectivity index (χ3v) is 5.66. The number of aromatic nitrogens is 2. The molecule has 1 heterocycles. The molecule has 1 aromatic heterocycles. The van der Waals surface area contributed by atoms with E-state index in [1.807, 2.05) is 0 Å². The van der Waals surface area contributed by atoms with Crippen molar-refractivity contribution in [2.45, 2.75) is 96.4 Å². The predicted octanol–water partition coefficient (Wildman–Crippen LogP) is 6.99. The van der Waals surface area contributed by atoms with Crippen LogP contribution < -0.4 is 4.57 Å². The summed E-state index contributed by atoms with van der Waals surface area (Å²) in [6, 6.07) is 11.4. The van der Waals surface area contributed by atoms with Crippen molar-refractivity contribution >= 4 is 0 Å². The molecular formula is C25H41N2+. The lowest BCUT2D eigenvalue weighted by Gasteiger charge is -2.14. The molecule has 0 radical (unpaired) electrons. The fourth-order valence-corrected chi connectivity index (χ4v) is 4.00. The van der Waals surface area contributed by atoms with Crippen LogP contribution in [-0.2, 0) is 7.05 Å². The Balaban J connectivity index is 1.60. The van der Waals surface area contributed by atoms with Crippen LogP contribution in [0.2, 0.25) is 0 Å². The molecule has 2 heteroatoms. The Morgan fingerprint density at radius 2 is 1.33 bits per heavy atom. The molecule has 27 heavy (non-hydrogen) atoms. The lowest BCUT2D eigenvalue weighted by molar-refractivity contribution is -0.671. The standard InChI is InChI=1S/C25H41N2/c1-3-4-5-6-7-8-9-10-11-12-13-17-20-25(24-18-15-14-16-19-24)27-22-21-26(2)23-27/h14-16,18-19,21-23,25H,3-13,17,20H2,1-2H3/q+1/t25-/m0/s1. The molecule has 0 bridgehead atoms. The van der Waals surface area contributed by atoms with E-state index in [2.05, 4.69) is 72.2 Å². The van der Waals surface area contributed by atoms with E-state index >= 15 is 0 Å². The Morgan fingerprint density at radius 3 is 1.85 bits per heavy atom. The zero-order valence-electron chi connectivity index (χ0n) is 17.8. The van der Waals surface area contributed by atoms with Gasteiger partial charge in [-0.1, -0.05) is 108 Å². The molecule has 0 unspecified atom stereocenters. The summed E-state index contributed by atoms with van der Waals surface area (Å²) in [6.07, 6.45) is 24.7. The SMILES string of the molecule is CCCCCCCCCCCCCC[C@@H](c1ccccc1)n1cc[n+](C)c1. The first-order valence-electron chi connectivity index (χ1n) is 11.4.